The van der Waals surface area contributed by atoms with Gasteiger partial charge in [-0.3, -0.25) is 4.79 Å². The van der Waals surface area contributed by atoms with Crippen LogP contribution in [0.15, 0.2) is 35.5 Å². The first-order chi connectivity index (χ1) is 8.11. The number of hydrogen-bond donors (Lipinski definition) is 3. The Balaban J connectivity index is 2.46. The van der Waals surface area contributed by atoms with E-state index in [4.69, 9.17) is 12.2 Å². The van der Waals surface area contributed by atoms with Gasteiger partial charge in [0.15, 0.2) is 5.11 Å². The zero-order valence-corrected chi connectivity index (χ0v) is 10.0. The molecule has 1 aromatic rings. The first-order valence-electron chi connectivity index (χ1n) is 5.14. The van der Waals surface area contributed by atoms with Crippen molar-refractivity contribution < 1.29 is 9.90 Å². The number of aromatic hydroxyl groups is 1. The fraction of sp³-hybridized carbons (Fsp3) is 0.167. The number of phenols is 1. The summed E-state index contributed by atoms with van der Waals surface area (Å²) in [6.07, 6.45) is 0.797. The van der Waals surface area contributed by atoms with Gasteiger partial charge in [-0.25, -0.2) is 0 Å². The number of hydrogen-bond acceptors (Lipinski definition) is 3. The molecule has 0 saturated carbocycles. The second-order valence-corrected chi connectivity index (χ2v) is 4.23. The van der Waals surface area contributed by atoms with Crippen molar-refractivity contribution in [2.45, 2.75) is 13.0 Å². The summed E-state index contributed by atoms with van der Waals surface area (Å²) in [6, 6.07) is 6.45. The van der Waals surface area contributed by atoms with Gasteiger partial charge in [0.05, 0.1) is 6.04 Å². The van der Waals surface area contributed by atoms with Gasteiger partial charge in [0, 0.05) is 11.3 Å². The highest BCUT2D eigenvalue weighted by Crippen LogP contribution is 2.26. The van der Waals surface area contributed by atoms with Gasteiger partial charge in [-0.2, -0.15) is 0 Å². The molecule has 3 N–H and O–H groups in total. The first-order valence-corrected chi connectivity index (χ1v) is 5.55. The molecule has 1 heterocycles. The quantitative estimate of drug-likeness (QED) is 0.545. The summed E-state index contributed by atoms with van der Waals surface area (Å²) in [4.78, 5) is 11.1. The molecule has 1 atom stereocenters. The van der Waals surface area contributed by atoms with Gasteiger partial charge >= 0.3 is 0 Å². The number of phenolic OH excluding ortho intramolecular Hbond substituents is 1. The lowest BCUT2D eigenvalue weighted by Crippen LogP contribution is -2.43. The Labute approximate surface area is 104 Å². The molecule has 1 aliphatic heterocycles. The third-order valence-electron chi connectivity index (χ3n) is 2.65. The van der Waals surface area contributed by atoms with Crippen LogP contribution in [0.5, 0.6) is 5.75 Å². The molecule has 88 valence electrons. The summed E-state index contributed by atoms with van der Waals surface area (Å²) in [5, 5.41) is 15.8. The summed E-state index contributed by atoms with van der Waals surface area (Å²) < 4.78 is 0. The van der Waals surface area contributed by atoms with Gasteiger partial charge in [0.2, 0.25) is 0 Å². The number of aldehydes is 1. The van der Waals surface area contributed by atoms with Crippen molar-refractivity contribution in [2.75, 3.05) is 0 Å². The molecule has 0 aliphatic carbocycles. The minimum absolute atomic E-state index is 0.164. The third-order valence-corrected chi connectivity index (χ3v) is 2.87. The van der Waals surface area contributed by atoms with Crippen LogP contribution in [-0.4, -0.2) is 16.5 Å². The van der Waals surface area contributed by atoms with Gasteiger partial charge in [0.1, 0.15) is 12.0 Å². The molecule has 1 aromatic carbocycles. The predicted molar refractivity (Wildman–Crippen MR) is 68.5 cm³/mol. The highest BCUT2D eigenvalue weighted by Gasteiger charge is 2.24. The lowest BCUT2D eigenvalue weighted by atomic mass is 9.96. The van der Waals surface area contributed by atoms with E-state index in [1.165, 1.54) is 0 Å². The average Bonchev–Trinajstić information content (AvgIpc) is 2.28. The molecule has 0 bridgehead atoms. The maximum atomic E-state index is 11.1. The van der Waals surface area contributed by atoms with E-state index in [-0.39, 0.29) is 11.8 Å². The number of carbonyl (C=O) groups is 1. The molecule has 0 fully saturated rings. The molecular formula is C12H12N2O2S. The molecule has 1 unspecified atom stereocenters. The van der Waals surface area contributed by atoms with E-state index >= 15 is 0 Å². The molecule has 1 aliphatic rings. The van der Waals surface area contributed by atoms with Crippen LogP contribution in [0.25, 0.3) is 0 Å². The van der Waals surface area contributed by atoms with E-state index in [9.17, 15) is 9.90 Å². The fourth-order valence-electron chi connectivity index (χ4n) is 1.83. The minimum Gasteiger partial charge on any atom is -0.508 e. The van der Waals surface area contributed by atoms with Gasteiger partial charge in [-0.05, 0) is 36.8 Å². The Morgan fingerprint density at radius 2 is 2.24 bits per heavy atom. The van der Waals surface area contributed by atoms with E-state index < -0.39 is 0 Å². The molecule has 0 amide bonds. The zero-order valence-electron chi connectivity index (χ0n) is 9.23. The number of rotatable bonds is 2. The molecule has 0 aromatic heterocycles. The Kier molecular flexibility index (Phi) is 3.10. The van der Waals surface area contributed by atoms with E-state index in [1.54, 1.807) is 25.1 Å². The van der Waals surface area contributed by atoms with Crippen molar-refractivity contribution in [1.82, 2.24) is 10.6 Å². The highest BCUT2D eigenvalue weighted by atomic mass is 32.1. The van der Waals surface area contributed by atoms with Crippen LogP contribution in [0.3, 0.4) is 0 Å². The molecular weight excluding hydrogens is 236 g/mol. The maximum absolute atomic E-state index is 11.1. The summed E-state index contributed by atoms with van der Waals surface area (Å²) in [5.41, 5.74) is 2.12. The van der Waals surface area contributed by atoms with E-state index in [2.05, 4.69) is 10.6 Å². The average molecular weight is 248 g/mol. The van der Waals surface area contributed by atoms with Crippen LogP contribution in [-0.2, 0) is 4.79 Å². The molecule has 4 nitrogen and oxygen atoms in total. The van der Waals surface area contributed by atoms with Crippen LogP contribution in [0.1, 0.15) is 18.5 Å². The monoisotopic (exact) mass is 248 g/mol. The molecule has 2 rings (SSSR count). The smallest absolute Gasteiger partial charge is 0.171 e. The SMILES string of the molecule is CC1=C(C=O)C(c2cccc(O)c2)NC(=S)N1. The molecule has 0 radical (unpaired) electrons. The minimum atomic E-state index is -0.312. The third kappa shape index (κ3) is 2.29. The number of thiocarbonyl (C=S) groups is 1. The van der Waals surface area contributed by atoms with Crippen LogP contribution in [0, 0.1) is 0 Å². The zero-order chi connectivity index (χ0) is 12.4. The molecule has 17 heavy (non-hydrogen) atoms. The Bertz CT molecular complexity index is 511. The number of nitrogens with one attached hydrogen (secondary N) is 2. The van der Waals surface area contributed by atoms with Crippen LogP contribution >= 0.6 is 12.2 Å². The summed E-state index contributed by atoms with van der Waals surface area (Å²) >= 11 is 5.06. The van der Waals surface area contributed by atoms with Crippen molar-refractivity contribution in [3.63, 3.8) is 0 Å². The first kappa shape index (κ1) is 11.6. The summed E-state index contributed by atoms with van der Waals surface area (Å²) in [5.74, 6) is 0.164. The Hall–Kier alpha value is -1.88. The highest BCUT2D eigenvalue weighted by molar-refractivity contribution is 7.80. The van der Waals surface area contributed by atoms with Crippen molar-refractivity contribution in [3.05, 3.63) is 41.1 Å². The lowest BCUT2D eigenvalue weighted by molar-refractivity contribution is -0.105. The van der Waals surface area contributed by atoms with E-state index in [1.807, 2.05) is 6.07 Å². The van der Waals surface area contributed by atoms with Gasteiger partial charge < -0.3 is 15.7 Å². The maximum Gasteiger partial charge on any atom is 0.171 e. The van der Waals surface area contributed by atoms with Crippen molar-refractivity contribution in [2.24, 2.45) is 0 Å². The second kappa shape index (κ2) is 4.55. The number of allylic oxidation sites excluding steroid dienone is 1. The Morgan fingerprint density at radius 3 is 2.88 bits per heavy atom. The topological polar surface area (TPSA) is 61.4 Å². The van der Waals surface area contributed by atoms with Crippen molar-refractivity contribution in [1.29, 1.82) is 0 Å². The van der Waals surface area contributed by atoms with Gasteiger partial charge in [-0.1, -0.05) is 12.1 Å². The fourth-order valence-corrected chi connectivity index (χ4v) is 2.10. The second-order valence-electron chi connectivity index (χ2n) is 3.82. The van der Waals surface area contributed by atoms with Gasteiger partial charge in [0.25, 0.3) is 0 Å². The van der Waals surface area contributed by atoms with E-state index in [0.29, 0.717) is 10.7 Å². The normalized spacial score (nSPS) is 19.6. The standard InChI is InChI=1S/C12H12N2O2S/c1-7-10(6-15)11(14-12(17)13-7)8-3-2-4-9(16)5-8/h2-6,11,16H,1H3,(H2,13,14,17). The number of carbonyl (C=O) groups excluding carboxylic acids is 1. The van der Waals surface area contributed by atoms with Gasteiger partial charge in [-0.15, -0.1) is 0 Å². The van der Waals surface area contributed by atoms with Crippen LogP contribution in [0.4, 0.5) is 0 Å². The van der Waals surface area contributed by atoms with Crippen LogP contribution in [0.2, 0.25) is 0 Å². The predicted octanol–water partition coefficient (Wildman–Crippen LogP) is 1.38. The van der Waals surface area contributed by atoms with Crippen molar-refractivity contribution in [3.8, 4) is 5.75 Å². The van der Waals surface area contributed by atoms with E-state index in [0.717, 1.165) is 17.5 Å². The Morgan fingerprint density at radius 1 is 1.47 bits per heavy atom. The molecule has 0 saturated heterocycles. The molecule has 5 heteroatoms. The largest absolute Gasteiger partial charge is 0.508 e. The summed E-state index contributed by atoms with van der Waals surface area (Å²) in [6.45, 7) is 1.80. The lowest BCUT2D eigenvalue weighted by Gasteiger charge is -2.28. The van der Waals surface area contributed by atoms with Crippen LogP contribution < -0.4 is 10.6 Å². The van der Waals surface area contributed by atoms with Crippen molar-refractivity contribution >= 4 is 23.6 Å². The molecule has 0 spiro atoms. The summed E-state index contributed by atoms with van der Waals surface area (Å²) in [7, 11) is 0. The number of benzene rings is 1.